The number of rotatable bonds is 7. The van der Waals surface area contributed by atoms with Gasteiger partial charge in [0.05, 0.1) is 13.0 Å². The number of amides is 2. The second kappa shape index (κ2) is 11.4. The number of likely N-dealkylation sites (N-methyl/N-ethyl adjacent to an activating group) is 1. The molecule has 1 fully saturated rings. The first-order valence-electron chi connectivity index (χ1n) is 11.7. The van der Waals surface area contributed by atoms with Gasteiger partial charge in [0.25, 0.3) is 5.91 Å². The Kier molecular flexibility index (Phi) is 7.89. The molecule has 0 atom stereocenters. The van der Waals surface area contributed by atoms with Gasteiger partial charge in [-0.25, -0.2) is 0 Å². The van der Waals surface area contributed by atoms with E-state index in [-0.39, 0.29) is 11.8 Å². The molecule has 0 aliphatic carbocycles. The van der Waals surface area contributed by atoms with Crippen LogP contribution in [0.3, 0.4) is 0 Å². The quantitative estimate of drug-likeness (QED) is 0.503. The molecular formula is C29H31N3O2. The van der Waals surface area contributed by atoms with Crippen LogP contribution in [0.15, 0.2) is 91.0 Å². The van der Waals surface area contributed by atoms with Gasteiger partial charge in [-0.3, -0.25) is 9.59 Å². The largest absolute Gasteiger partial charge is 0.340 e. The summed E-state index contributed by atoms with van der Waals surface area (Å²) in [4.78, 5) is 31.8. The lowest BCUT2D eigenvalue weighted by molar-refractivity contribution is -0.132. The van der Waals surface area contributed by atoms with Gasteiger partial charge in [0.2, 0.25) is 5.91 Å². The predicted octanol–water partition coefficient (Wildman–Crippen LogP) is 4.25. The Morgan fingerprint density at radius 2 is 1.41 bits per heavy atom. The number of piperazine rings is 1. The fourth-order valence-corrected chi connectivity index (χ4v) is 4.02. The minimum absolute atomic E-state index is 0.0889. The zero-order chi connectivity index (χ0) is 23.8. The zero-order valence-corrected chi connectivity index (χ0v) is 19.6. The van der Waals surface area contributed by atoms with E-state index in [0.717, 1.165) is 48.6 Å². The molecule has 1 heterocycles. The van der Waals surface area contributed by atoms with Crippen molar-refractivity contribution in [2.45, 2.75) is 13.0 Å². The minimum atomic E-state index is -0.0889. The van der Waals surface area contributed by atoms with Crippen LogP contribution in [0.5, 0.6) is 0 Å². The van der Waals surface area contributed by atoms with E-state index in [0.29, 0.717) is 13.0 Å². The molecule has 0 bridgehead atoms. The maximum absolute atomic E-state index is 13.2. The average molecular weight is 454 g/mol. The summed E-state index contributed by atoms with van der Waals surface area (Å²) in [7, 11) is 2.08. The van der Waals surface area contributed by atoms with Gasteiger partial charge in [-0.05, 0) is 41.9 Å². The molecule has 2 amide bonds. The van der Waals surface area contributed by atoms with Crippen molar-refractivity contribution in [2.75, 3.05) is 38.1 Å². The van der Waals surface area contributed by atoms with Gasteiger partial charge in [-0.1, -0.05) is 72.8 Å². The second-order valence-corrected chi connectivity index (χ2v) is 8.68. The molecule has 0 N–H and O–H groups in total. The third kappa shape index (κ3) is 6.42. The number of carbonyl (C=O) groups excluding carboxylic acids is 2. The third-order valence-corrected chi connectivity index (χ3v) is 6.13. The molecule has 0 saturated carbocycles. The molecule has 3 aromatic rings. The van der Waals surface area contributed by atoms with Crippen LogP contribution in [0.4, 0.5) is 5.69 Å². The van der Waals surface area contributed by atoms with Gasteiger partial charge < -0.3 is 14.7 Å². The van der Waals surface area contributed by atoms with E-state index >= 15 is 0 Å². The molecular weight excluding hydrogens is 422 g/mol. The predicted molar refractivity (Wildman–Crippen MR) is 137 cm³/mol. The van der Waals surface area contributed by atoms with E-state index in [2.05, 4.69) is 11.9 Å². The van der Waals surface area contributed by atoms with Gasteiger partial charge in [-0.2, -0.15) is 0 Å². The molecule has 1 saturated heterocycles. The SMILES string of the molecule is CN1CCN(C(=O)Cc2ccc(N(Cc3ccccc3)C(=O)/C=C/c3ccccc3)cc2)CC1. The lowest BCUT2D eigenvalue weighted by Crippen LogP contribution is -2.47. The van der Waals surface area contributed by atoms with Gasteiger partial charge >= 0.3 is 0 Å². The van der Waals surface area contributed by atoms with Crippen LogP contribution in [-0.4, -0.2) is 54.8 Å². The van der Waals surface area contributed by atoms with Crippen molar-refractivity contribution in [1.82, 2.24) is 9.80 Å². The Hall–Kier alpha value is -3.70. The van der Waals surface area contributed by atoms with E-state index in [1.54, 1.807) is 11.0 Å². The molecule has 0 unspecified atom stereocenters. The molecule has 34 heavy (non-hydrogen) atoms. The van der Waals surface area contributed by atoms with Gasteiger partial charge in [-0.15, -0.1) is 0 Å². The number of hydrogen-bond acceptors (Lipinski definition) is 3. The highest BCUT2D eigenvalue weighted by Crippen LogP contribution is 2.20. The standard InChI is InChI=1S/C29H31N3O2/c1-30-18-20-31(21-19-30)29(34)22-25-12-15-27(16-13-25)32(23-26-10-6-3-7-11-26)28(33)17-14-24-8-4-2-5-9-24/h2-17H,18-23H2,1H3/b17-14+. The van der Waals surface area contributed by atoms with Crippen molar-refractivity contribution in [3.05, 3.63) is 108 Å². The fourth-order valence-electron chi connectivity index (χ4n) is 4.02. The van der Waals surface area contributed by atoms with E-state index in [4.69, 9.17) is 0 Å². The van der Waals surface area contributed by atoms with Crippen LogP contribution in [0.25, 0.3) is 6.08 Å². The number of anilines is 1. The Bertz CT molecular complexity index is 1100. The summed E-state index contributed by atoms with van der Waals surface area (Å²) in [6, 6.07) is 27.5. The average Bonchev–Trinajstić information content (AvgIpc) is 2.88. The summed E-state index contributed by atoms with van der Waals surface area (Å²) in [6.07, 6.45) is 3.83. The molecule has 0 radical (unpaired) electrons. The molecule has 3 aromatic carbocycles. The van der Waals surface area contributed by atoms with Crippen LogP contribution < -0.4 is 4.90 Å². The van der Waals surface area contributed by atoms with Crippen LogP contribution in [0.1, 0.15) is 16.7 Å². The van der Waals surface area contributed by atoms with E-state index < -0.39 is 0 Å². The number of hydrogen-bond donors (Lipinski definition) is 0. The van der Waals surface area contributed by atoms with Gasteiger partial charge in [0.1, 0.15) is 0 Å². The molecule has 5 heteroatoms. The highest BCUT2D eigenvalue weighted by Gasteiger charge is 2.19. The summed E-state index contributed by atoms with van der Waals surface area (Å²) in [5, 5.41) is 0. The first kappa shape index (κ1) is 23.5. The van der Waals surface area contributed by atoms with E-state index in [1.165, 1.54) is 0 Å². The summed E-state index contributed by atoms with van der Waals surface area (Å²) in [5.74, 6) is 0.0674. The number of carbonyl (C=O) groups is 2. The number of benzene rings is 3. The molecule has 1 aliphatic heterocycles. The maximum atomic E-state index is 13.2. The molecule has 0 aromatic heterocycles. The summed E-state index contributed by atoms with van der Waals surface area (Å²) in [6.45, 7) is 3.86. The van der Waals surface area contributed by atoms with Crippen molar-refractivity contribution >= 4 is 23.6 Å². The lowest BCUT2D eigenvalue weighted by Gasteiger charge is -2.32. The van der Waals surface area contributed by atoms with Crippen molar-refractivity contribution < 1.29 is 9.59 Å². The van der Waals surface area contributed by atoms with Crippen molar-refractivity contribution in [3.8, 4) is 0 Å². The Morgan fingerprint density at radius 1 is 0.794 bits per heavy atom. The summed E-state index contributed by atoms with van der Waals surface area (Å²) < 4.78 is 0. The normalized spacial score (nSPS) is 14.3. The van der Waals surface area contributed by atoms with E-state index in [9.17, 15) is 9.59 Å². The monoisotopic (exact) mass is 453 g/mol. The smallest absolute Gasteiger partial charge is 0.251 e. The van der Waals surface area contributed by atoms with Crippen molar-refractivity contribution in [3.63, 3.8) is 0 Å². The van der Waals surface area contributed by atoms with Crippen LogP contribution >= 0.6 is 0 Å². The van der Waals surface area contributed by atoms with Crippen LogP contribution in [-0.2, 0) is 22.6 Å². The van der Waals surface area contributed by atoms with E-state index in [1.807, 2.05) is 95.9 Å². The molecule has 5 nitrogen and oxygen atoms in total. The highest BCUT2D eigenvalue weighted by atomic mass is 16.2. The Labute approximate surface area is 201 Å². The number of nitrogens with zero attached hydrogens (tertiary/aromatic N) is 3. The molecule has 1 aliphatic rings. The highest BCUT2D eigenvalue weighted by molar-refractivity contribution is 6.03. The van der Waals surface area contributed by atoms with Crippen molar-refractivity contribution in [2.24, 2.45) is 0 Å². The maximum Gasteiger partial charge on any atom is 0.251 e. The minimum Gasteiger partial charge on any atom is -0.340 e. The summed E-state index contributed by atoms with van der Waals surface area (Å²) >= 11 is 0. The zero-order valence-electron chi connectivity index (χ0n) is 19.6. The van der Waals surface area contributed by atoms with Crippen LogP contribution in [0, 0.1) is 0 Å². The van der Waals surface area contributed by atoms with Crippen molar-refractivity contribution in [1.29, 1.82) is 0 Å². The second-order valence-electron chi connectivity index (χ2n) is 8.68. The topological polar surface area (TPSA) is 43.9 Å². The summed E-state index contributed by atoms with van der Waals surface area (Å²) in [5.41, 5.74) is 3.80. The first-order chi connectivity index (χ1) is 16.6. The Balaban J connectivity index is 1.48. The molecule has 174 valence electrons. The van der Waals surface area contributed by atoms with Gasteiger partial charge in [0, 0.05) is 37.9 Å². The van der Waals surface area contributed by atoms with Gasteiger partial charge in [0.15, 0.2) is 0 Å². The lowest BCUT2D eigenvalue weighted by atomic mass is 10.1. The fraction of sp³-hybridized carbons (Fsp3) is 0.241. The van der Waals surface area contributed by atoms with Crippen LogP contribution in [0.2, 0.25) is 0 Å². The molecule has 4 rings (SSSR count). The third-order valence-electron chi connectivity index (χ3n) is 6.13. The first-order valence-corrected chi connectivity index (χ1v) is 11.7. The molecule has 0 spiro atoms. The Morgan fingerprint density at radius 3 is 2.06 bits per heavy atom.